The Morgan fingerprint density at radius 1 is 1.67 bits per heavy atom. The van der Waals surface area contributed by atoms with E-state index in [1.165, 1.54) is 5.57 Å². The Balaban J connectivity index is 2.63. The molecule has 0 atom stereocenters. The molecule has 0 nitrogen and oxygen atoms in total. The Morgan fingerprint density at radius 3 is 2.89 bits per heavy atom. The van der Waals surface area contributed by atoms with Crippen LogP contribution < -0.4 is 0 Å². The molecule has 0 aromatic carbocycles. The number of allylic oxidation sites excluding steroid dienone is 4. The van der Waals surface area contributed by atoms with Crippen molar-refractivity contribution in [1.82, 2.24) is 0 Å². The summed E-state index contributed by atoms with van der Waals surface area (Å²) in [5.41, 5.74) is 2.41. The number of alkyl halides is 1. The lowest BCUT2D eigenvalue weighted by molar-refractivity contribution is 1.00. The van der Waals surface area contributed by atoms with Gasteiger partial charge in [-0.05, 0) is 18.4 Å². The molecule has 0 amide bonds. The summed E-state index contributed by atoms with van der Waals surface area (Å²) in [7, 11) is 5.62. The molecule has 2 radical (unpaired) electrons. The SMILES string of the molecule is [B]C1=CC(CI)=CCC1. The largest absolute Gasteiger partial charge is 0.117 e. The van der Waals surface area contributed by atoms with E-state index in [-0.39, 0.29) is 0 Å². The van der Waals surface area contributed by atoms with Crippen molar-refractivity contribution in [2.45, 2.75) is 12.8 Å². The second-order valence-electron chi connectivity index (χ2n) is 2.17. The smallest absolute Gasteiger partial charge is 0.107 e. The van der Waals surface area contributed by atoms with E-state index >= 15 is 0 Å². The quantitative estimate of drug-likeness (QED) is 0.368. The normalized spacial score (nSPS) is 18.8. The number of hydrogen-bond acceptors (Lipinski definition) is 0. The Morgan fingerprint density at radius 2 is 2.44 bits per heavy atom. The maximum absolute atomic E-state index is 5.62. The summed E-state index contributed by atoms with van der Waals surface area (Å²) in [6.45, 7) is 0. The summed E-state index contributed by atoms with van der Waals surface area (Å²) in [5.74, 6) is 0. The van der Waals surface area contributed by atoms with Crippen molar-refractivity contribution >= 4 is 30.4 Å². The molecular weight excluding hydrogens is 222 g/mol. The van der Waals surface area contributed by atoms with Gasteiger partial charge in [-0.2, -0.15) is 0 Å². The predicted molar refractivity (Wildman–Crippen MR) is 50.0 cm³/mol. The second kappa shape index (κ2) is 3.45. The van der Waals surface area contributed by atoms with Crippen molar-refractivity contribution < 1.29 is 0 Å². The highest BCUT2D eigenvalue weighted by molar-refractivity contribution is 14.1. The lowest BCUT2D eigenvalue weighted by atomic mass is 9.86. The zero-order chi connectivity index (χ0) is 6.69. The van der Waals surface area contributed by atoms with Crippen LogP contribution in [-0.2, 0) is 0 Å². The van der Waals surface area contributed by atoms with Crippen molar-refractivity contribution in [2.75, 3.05) is 4.43 Å². The molecule has 2 heteroatoms. The first-order valence-electron chi connectivity index (χ1n) is 3.04. The van der Waals surface area contributed by atoms with Gasteiger partial charge >= 0.3 is 0 Å². The van der Waals surface area contributed by atoms with Gasteiger partial charge in [-0.25, -0.2) is 0 Å². The molecule has 0 N–H and O–H groups in total. The molecule has 0 saturated heterocycles. The highest BCUT2D eigenvalue weighted by Gasteiger charge is 1.97. The first-order chi connectivity index (χ1) is 4.33. The Hall–Kier alpha value is 0.275. The Bertz CT molecular complexity index is 158. The van der Waals surface area contributed by atoms with Crippen LogP contribution in [-0.4, -0.2) is 12.3 Å². The molecule has 0 aliphatic heterocycles. The number of rotatable bonds is 1. The second-order valence-corrected chi connectivity index (χ2v) is 2.93. The fourth-order valence-electron chi connectivity index (χ4n) is 0.887. The van der Waals surface area contributed by atoms with Gasteiger partial charge in [0.1, 0.15) is 7.85 Å². The summed E-state index contributed by atoms with van der Waals surface area (Å²) >= 11 is 2.35. The third-order valence-corrected chi connectivity index (χ3v) is 2.25. The number of halogens is 1. The summed E-state index contributed by atoms with van der Waals surface area (Å²) in [4.78, 5) is 0. The standard InChI is InChI=1S/C7H8BI/c8-7-3-1-2-6(4-7)5-9/h2,4H,1,3,5H2. The minimum absolute atomic E-state index is 1.03. The molecule has 0 spiro atoms. The van der Waals surface area contributed by atoms with E-state index in [9.17, 15) is 0 Å². The van der Waals surface area contributed by atoms with Crippen LogP contribution in [0.1, 0.15) is 12.8 Å². The van der Waals surface area contributed by atoms with Crippen molar-refractivity contribution in [3.05, 3.63) is 23.2 Å². The van der Waals surface area contributed by atoms with Crippen molar-refractivity contribution in [2.24, 2.45) is 0 Å². The van der Waals surface area contributed by atoms with Crippen LogP contribution in [0.3, 0.4) is 0 Å². The predicted octanol–water partition coefficient (Wildman–Crippen LogP) is 2.19. The minimum Gasteiger partial charge on any atom is -0.117 e. The lowest BCUT2D eigenvalue weighted by Gasteiger charge is -2.07. The fraction of sp³-hybridized carbons (Fsp3) is 0.429. The highest BCUT2D eigenvalue weighted by Crippen LogP contribution is 2.15. The van der Waals surface area contributed by atoms with Gasteiger partial charge in [-0.15, -0.1) is 5.47 Å². The van der Waals surface area contributed by atoms with Crippen molar-refractivity contribution in [3.8, 4) is 0 Å². The zero-order valence-corrected chi connectivity index (χ0v) is 7.39. The summed E-state index contributed by atoms with van der Waals surface area (Å²) in [6.07, 6.45) is 6.50. The first-order valence-corrected chi connectivity index (χ1v) is 4.56. The molecule has 1 rings (SSSR count). The van der Waals surface area contributed by atoms with Crippen LogP contribution in [0.2, 0.25) is 0 Å². The molecule has 0 heterocycles. The summed E-state index contributed by atoms with van der Waals surface area (Å²) < 4.78 is 1.08. The van der Waals surface area contributed by atoms with Crippen LogP contribution in [0.5, 0.6) is 0 Å². The monoisotopic (exact) mass is 230 g/mol. The van der Waals surface area contributed by atoms with Crippen LogP contribution >= 0.6 is 22.6 Å². The van der Waals surface area contributed by atoms with Gasteiger partial charge in [0, 0.05) is 4.43 Å². The van der Waals surface area contributed by atoms with Crippen LogP contribution in [0.4, 0.5) is 0 Å². The van der Waals surface area contributed by atoms with E-state index in [1.54, 1.807) is 0 Å². The van der Waals surface area contributed by atoms with Crippen LogP contribution in [0.15, 0.2) is 23.2 Å². The first kappa shape index (κ1) is 7.38. The lowest BCUT2D eigenvalue weighted by Crippen LogP contribution is -1.92. The zero-order valence-electron chi connectivity index (χ0n) is 5.23. The third kappa shape index (κ3) is 2.16. The minimum atomic E-state index is 1.03. The fourth-order valence-corrected chi connectivity index (χ4v) is 1.42. The van der Waals surface area contributed by atoms with E-state index in [0.717, 1.165) is 22.7 Å². The average Bonchev–Trinajstić information content (AvgIpc) is 1.88. The molecule has 0 saturated carbocycles. The van der Waals surface area contributed by atoms with Gasteiger partial charge in [0.05, 0.1) is 0 Å². The molecule has 1 aliphatic rings. The van der Waals surface area contributed by atoms with Gasteiger partial charge in [-0.1, -0.05) is 34.7 Å². The average molecular weight is 230 g/mol. The van der Waals surface area contributed by atoms with Crippen molar-refractivity contribution in [3.63, 3.8) is 0 Å². The maximum atomic E-state index is 5.62. The molecule has 46 valence electrons. The van der Waals surface area contributed by atoms with Gasteiger partial charge < -0.3 is 0 Å². The van der Waals surface area contributed by atoms with Crippen LogP contribution in [0.25, 0.3) is 0 Å². The van der Waals surface area contributed by atoms with Gasteiger partial charge in [-0.3, -0.25) is 0 Å². The number of hydrogen-bond donors (Lipinski definition) is 0. The van der Waals surface area contributed by atoms with E-state index in [4.69, 9.17) is 7.85 Å². The molecule has 9 heavy (non-hydrogen) atoms. The molecule has 0 fully saturated rings. The highest BCUT2D eigenvalue weighted by atomic mass is 127. The van der Waals surface area contributed by atoms with E-state index < -0.39 is 0 Å². The van der Waals surface area contributed by atoms with E-state index in [0.29, 0.717) is 0 Å². The summed E-state index contributed by atoms with van der Waals surface area (Å²) in [6, 6.07) is 0. The van der Waals surface area contributed by atoms with E-state index in [2.05, 4.69) is 34.7 Å². The maximum Gasteiger partial charge on any atom is 0.107 e. The topological polar surface area (TPSA) is 0 Å². The molecule has 1 aliphatic carbocycles. The Labute approximate surface area is 71.0 Å². The molecule has 0 unspecified atom stereocenters. The third-order valence-electron chi connectivity index (χ3n) is 1.36. The Kier molecular flexibility index (Phi) is 2.83. The van der Waals surface area contributed by atoms with Crippen LogP contribution in [0, 0.1) is 0 Å². The molecule has 0 bridgehead atoms. The summed E-state index contributed by atoms with van der Waals surface area (Å²) in [5, 5.41) is 0. The molecule has 0 aromatic rings. The van der Waals surface area contributed by atoms with Gasteiger partial charge in [0.15, 0.2) is 0 Å². The van der Waals surface area contributed by atoms with Gasteiger partial charge in [0.2, 0.25) is 0 Å². The van der Waals surface area contributed by atoms with E-state index in [1.807, 2.05) is 0 Å². The molecule has 0 aromatic heterocycles. The molecular formula is C7H8BI. The van der Waals surface area contributed by atoms with Gasteiger partial charge in [0.25, 0.3) is 0 Å². The van der Waals surface area contributed by atoms with Crippen molar-refractivity contribution in [1.29, 1.82) is 0 Å².